The van der Waals surface area contributed by atoms with Gasteiger partial charge in [-0.25, -0.2) is 9.79 Å². The maximum atomic E-state index is 11.6. The van der Waals surface area contributed by atoms with Crippen LogP contribution in [0.5, 0.6) is 5.88 Å². The molecule has 1 aliphatic heterocycles. The van der Waals surface area contributed by atoms with Crippen molar-refractivity contribution in [1.82, 2.24) is 19.2 Å². The van der Waals surface area contributed by atoms with Crippen molar-refractivity contribution >= 4 is 28.3 Å². The minimum atomic E-state index is -1.02. The van der Waals surface area contributed by atoms with Crippen LogP contribution >= 0.6 is 0 Å². The molecule has 0 spiro atoms. The monoisotopic (exact) mass is 457 g/mol. The van der Waals surface area contributed by atoms with Gasteiger partial charge < -0.3 is 14.8 Å². The first kappa shape index (κ1) is 21.9. The summed E-state index contributed by atoms with van der Waals surface area (Å²) in [5.74, 6) is -1.00. The molecule has 2 aromatic heterocycles. The third-order valence-electron chi connectivity index (χ3n) is 6.39. The molecule has 0 bridgehead atoms. The first-order valence-electron chi connectivity index (χ1n) is 11.3. The number of benzene rings is 2. The fourth-order valence-electron chi connectivity index (χ4n) is 4.66. The Kier molecular flexibility index (Phi) is 5.67. The molecule has 0 amide bonds. The maximum absolute atomic E-state index is 11.6. The van der Waals surface area contributed by atoms with Crippen molar-refractivity contribution in [2.24, 2.45) is 19.1 Å². The number of nitrogens with zero attached hydrogens (tertiary/aromatic N) is 5. The number of fused-ring (bicyclic) bond motifs is 1. The number of carboxylic acid groups (broad SMARTS) is 1. The molecule has 2 N–H and O–H groups in total. The highest BCUT2D eigenvalue weighted by atomic mass is 16.4. The molecule has 5 rings (SSSR count). The summed E-state index contributed by atoms with van der Waals surface area (Å²) in [7, 11) is 3.57. The van der Waals surface area contributed by atoms with E-state index in [1.54, 1.807) is 34.6 Å². The van der Waals surface area contributed by atoms with Crippen LogP contribution in [0, 0.1) is 0 Å². The first-order valence-corrected chi connectivity index (χ1v) is 11.3. The smallest absolute Gasteiger partial charge is 0.335 e. The van der Waals surface area contributed by atoms with Gasteiger partial charge in [-0.2, -0.15) is 5.10 Å². The van der Waals surface area contributed by atoms with Crippen LogP contribution in [0.1, 0.15) is 39.9 Å². The molecule has 8 nitrogen and oxygen atoms in total. The Morgan fingerprint density at radius 3 is 2.59 bits per heavy atom. The molecule has 2 aromatic carbocycles. The molecule has 3 heterocycles. The highest BCUT2D eigenvalue weighted by Gasteiger charge is 2.23. The summed E-state index contributed by atoms with van der Waals surface area (Å²) in [6, 6.07) is 12.9. The van der Waals surface area contributed by atoms with E-state index in [4.69, 9.17) is 4.99 Å². The molecule has 0 aliphatic carbocycles. The fraction of sp³-hybridized carbons (Fsp3) is 0.269. The lowest BCUT2D eigenvalue weighted by molar-refractivity contribution is 0.0697. The largest absolute Gasteiger partial charge is 0.494 e. The van der Waals surface area contributed by atoms with Crippen LogP contribution in [0.25, 0.3) is 10.9 Å². The third-order valence-corrected chi connectivity index (χ3v) is 6.39. The standard InChI is InChI=1S/C26H27N5O3/c1-29-16-19(14-27-29)24(28-20-7-5-6-17(12-20)15-31-10-3-4-11-31)23-21-13-18(26(33)34)8-9-22(21)30(2)25(23)32/h5-9,12-14,16,32H,3-4,10-11,15H2,1-2H3,(H,33,34). The summed E-state index contributed by atoms with van der Waals surface area (Å²) in [4.78, 5) is 19.1. The molecule has 0 radical (unpaired) electrons. The summed E-state index contributed by atoms with van der Waals surface area (Å²) in [6.45, 7) is 3.11. The van der Waals surface area contributed by atoms with Gasteiger partial charge in [-0.05, 0) is 61.8 Å². The number of aromatic nitrogens is 3. The fourth-order valence-corrected chi connectivity index (χ4v) is 4.66. The lowest BCUT2D eigenvalue weighted by Gasteiger charge is -2.14. The number of rotatable bonds is 6. The highest BCUT2D eigenvalue weighted by Crippen LogP contribution is 2.34. The minimum absolute atomic E-state index is 0.0216. The van der Waals surface area contributed by atoms with Crippen LogP contribution in [-0.2, 0) is 20.6 Å². The maximum Gasteiger partial charge on any atom is 0.335 e. The van der Waals surface area contributed by atoms with E-state index in [0.717, 1.165) is 36.4 Å². The Morgan fingerprint density at radius 1 is 1.09 bits per heavy atom. The van der Waals surface area contributed by atoms with Crippen molar-refractivity contribution in [2.45, 2.75) is 19.4 Å². The van der Waals surface area contributed by atoms with Gasteiger partial charge in [-0.15, -0.1) is 0 Å². The van der Waals surface area contributed by atoms with Crippen LogP contribution < -0.4 is 0 Å². The number of likely N-dealkylation sites (tertiary alicyclic amines) is 1. The molecule has 1 aliphatic rings. The van der Waals surface area contributed by atoms with Crippen LogP contribution in [-0.4, -0.2) is 54.2 Å². The number of aryl methyl sites for hydroxylation is 2. The van der Waals surface area contributed by atoms with Gasteiger partial charge in [-0.1, -0.05) is 12.1 Å². The summed E-state index contributed by atoms with van der Waals surface area (Å²) in [5, 5.41) is 25.6. The molecule has 0 atom stereocenters. The zero-order valence-corrected chi connectivity index (χ0v) is 19.3. The van der Waals surface area contributed by atoms with E-state index in [1.165, 1.54) is 24.5 Å². The second kappa shape index (κ2) is 8.79. The van der Waals surface area contributed by atoms with Gasteiger partial charge in [0.15, 0.2) is 0 Å². The normalized spacial score (nSPS) is 14.8. The number of carboxylic acids is 1. The lowest BCUT2D eigenvalue weighted by atomic mass is 10.0. The third kappa shape index (κ3) is 4.08. The number of carbonyl (C=O) groups is 1. The lowest BCUT2D eigenvalue weighted by Crippen LogP contribution is -2.18. The Balaban J connectivity index is 1.67. The molecular formula is C26H27N5O3. The second-order valence-corrected chi connectivity index (χ2v) is 8.81. The first-order chi connectivity index (χ1) is 16.4. The molecule has 0 unspecified atom stereocenters. The van der Waals surface area contributed by atoms with Crippen molar-refractivity contribution in [3.63, 3.8) is 0 Å². The SMILES string of the molecule is Cn1cc(C(=Nc2cccc(CN3CCCC3)c2)c2c(O)n(C)c3ccc(C(=O)O)cc23)cn1. The predicted molar refractivity (Wildman–Crippen MR) is 131 cm³/mol. The molecule has 1 fully saturated rings. The van der Waals surface area contributed by atoms with Crippen molar-refractivity contribution in [2.75, 3.05) is 13.1 Å². The molecule has 4 aromatic rings. The van der Waals surface area contributed by atoms with Gasteiger partial charge in [0.05, 0.1) is 34.2 Å². The Morgan fingerprint density at radius 2 is 1.88 bits per heavy atom. The Hall–Kier alpha value is -3.91. The average molecular weight is 458 g/mol. The topological polar surface area (TPSA) is 95.9 Å². The van der Waals surface area contributed by atoms with Crippen molar-refractivity contribution in [3.05, 3.63) is 77.1 Å². The second-order valence-electron chi connectivity index (χ2n) is 8.81. The van der Waals surface area contributed by atoms with Crippen molar-refractivity contribution in [3.8, 4) is 5.88 Å². The molecule has 174 valence electrons. The van der Waals surface area contributed by atoms with E-state index in [0.29, 0.717) is 16.7 Å². The van der Waals surface area contributed by atoms with Gasteiger partial charge >= 0.3 is 5.97 Å². The van der Waals surface area contributed by atoms with E-state index >= 15 is 0 Å². The molecule has 1 saturated heterocycles. The summed E-state index contributed by atoms with van der Waals surface area (Å²) >= 11 is 0. The van der Waals surface area contributed by atoms with E-state index in [2.05, 4.69) is 22.1 Å². The van der Waals surface area contributed by atoms with Crippen LogP contribution in [0.2, 0.25) is 0 Å². The zero-order chi connectivity index (χ0) is 23.8. The Bertz CT molecular complexity index is 1410. The molecule has 8 heteroatoms. The number of hydrogen-bond acceptors (Lipinski definition) is 5. The number of aromatic hydroxyl groups is 1. The molecule has 0 saturated carbocycles. The van der Waals surface area contributed by atoms with Gasteiger partial charge in [0, 0.05) is 37.8 Å². The van der Waals surface area contributed by atoms with E-state index < -0.39 is 5.97 Å². The van der Waals surface area contributed by atoms with Crippen molar-refractivity contribution < 1.29 is 15.0 Å². The molecule has 34 heavy (non-hydrogen) atoms. The minimum Gasteiger partial charge on any atom is -0.494 e. The quantitative estimate of drug-likeness (QED) is 0.426. The van der Waals surface area contributed by atoms with E-state index in [9.17, 15) is 15.0 Å². The summed E-state index contributed by atoms with van der Waals surface area (Å²) < 4.78 is 3.32. The van der Waals surface area contributed by atoms with E-state index in [-0.39, 0.29) is 11.4 Å². The van der Waals surface area contributed by atoms with Gasteiger partial charge in [0.2, 0.25) is 5.88 Å². The van der Waals surface area contributed by atoms with Crippen LogP contribution in [0.15, 0.2) is 59.9 Å². The number of hydrogen-bond donors (Lipinski definition) is 2. The van der Waals surface area contributed by atoms with Gasteiger partial charge in [0.25, 0.3) is 0 Å². The van der Waals surface area contributed by atoms with E-state index in [1.807, 2.05) is 25.4 Å². The average Bonchev–Trinajstić information content (AvgIpc) is 3.54. The highest BCUT2D eigenvalue weighted by molar-refractivity contribution is 6.22. The van der Waals surface area contributed by atoms with Crippen LogP contribution in [0.4, 0.5) is 5.69 Å². The number of aliphatic imine (C=N–C) groups is 1. The van der Waals surface area contributed by atoms with Crippen LogP contribution in [0.3, 0.4) is 0 Å². The molecular weight excluding hydrogens is 430 g/mol. The van der Waals surface area contributed by atoms with Gasteiger partial charge in [-0.3, -0.25) is 9.58 Å². The Labute approximate surface area is 197 Å². The number of aromatic carboxylic acids is 1. The summed E-state index contributed by atoms with van der Waals surface area (Å²) in [5.41, 5.74) is 4.58. The van der Waals surface area contributed by atoms with Crippen molar-refractivity contribution in [1.29, 1.82) is 0 Å². The predicted octanol–water partition coefficient (Wildman–Crippen LogP) is 4.08. The zero-order valence-electron chi connectivity index (χ0n) is 19.3. The summed E-state index contributed by atoms with van der Waals surface area (Å²) in [6.07, 6.45) is 6.02. The van der Waals surface area contributed by atoms with Gasteiger partial charge in [0.1, 0.15) is 0 Å².